The maximum atomic E-state index is 13.3. The summed E-state index contributed by atoms with van der Waals surface area (Å²) in [7, 11) is 0. The van der Waals surface area contributed by atoms with Crippen LogP contribution < -0.4 is 11.2 Å². The van der Waals surface area contributed by atoms with Crippen molar-refractivity contribution in [3.63, 3.8) is 0 Å². The van der Waals surface area contributed by atoms with E-state index < -0.39 is 16.8 Å². The second-order valence-corrected chi connectivity index (χ2v) is 8.39. The lowest BCUT2D eigenvalue weighted by Crippen LogP contribution is -2.42. The molecule has 3 aromatic rings. The van der Waals surface area contributed by atoms with Gasteiger partial charge in [-0.25, -0.2) is 4.79 Å². The van der Waals surface area contributed by atoms with Gasteiger partial charge in [0, 0.05) is 24.2 Å². The highest BCUT2D eigenvalue weighted by atomic mass is 16.6. The average molecular weight is 466 g/mol. The summed E-state index contributed by atoms with van der Waals surface area (Å²) in [4.78, 5) is 36.9. The largest absolute Gasteiger partial charge is 0.370 e. The van der Waals surface area contributed by atoms with E-state index in [1.165, 1.54) is 21.4 Å². The van der Waals surface area contributed by atoms with Crippen LogP contribution in [0.4, 0.5) is 5.69 Å². The average Bonchev–Trinajstić information content (AvgIpc) is 3.26. The molecule has 0 radical (unpaired) electrons. The zero-order valence-corrected chi connectivity index (χ0v) is 19.1. The lowest BCUT2D eigenvalue weighted by Gasteiger charge is -2.18. The van der Waals surface area contributed by atoms with E-state index in [2.05, 4.69) is 0 Å². The molecule has 178 valence electrons. The third-order valence-corrected chi connectivity index (χ3v) is 6.08. The van der Waals surface area contributed by atoms with Crippen LogP contribution in [0.25, 0.3) is 0 Å². The normalized spacial score (nSPS) is 19.9. The quantitative estimate of drug-likeness (QED) is 0.372. The first-order valence-corrected chi connectivity index (χ1v) is 11.2. The van der Waals surface area contributed by atoms with Gasteiger partial charge in [0.15, 0.2) is 0 Å². The highest BCUT2D eigenvalue weighted by Crippen LogP contribution is 2.32. The number of nitro groups is 1. The lowest BCUT2D eigenvalue weighted by molar-refractivity contribution is -0.386. The number of rotatable bonds is 8. The minimum absolute atomic E-state index is 0.00541. The summed E-state index contributed by atoms with van der Waals surface area (Å²) in [6, 6.07) is 15.8. The van der Waals surface area contributed by atoms with Crippen LogP contribution in [0.15, 0.2) is 70.4 Å². The van der Waals surface area contributed by atoms with E-state index in [-0.39, 0.29) is 36.6 Å². The van der Waals surface area contributed by atoms with E-state index in [1.807, 2.05) is 37.3 Å². The number of ether oxygens (including phenoxy) is 2. The molecule has 0 spiro atoms. The van der Waals surface area contributed by atoms with Crippen molar-refractivity contribution in [3.05, 3.63) is 108 Å². The molecule has 0 bridgehead atoms. The molecular weight excluding hydrogens is 438 g/mol. The van der Waals surface area contributed by atoms with Gasteiger partial charge in [0.1, 0.15) is 6.23 Å². The second-order valence-electron chi connectivity index (χ2n) is 8.39. The van der Waals surface area contributed by atoms with E-state index in [0.29, 0.717) is 24.0 Å². The molecule has 2 aromatic carbocycles. The molecule has 1 fully saturated rings. The van der Waals surface area contributed by atoms with Crippen LogP contribution >= 0.6 is 0 Å². The third kappa shape index (κ3) is 4.85. The Morgan fingerprint density at radius 1 is 1.12 bits per heavy atom. The molecule has 4 rings (SSSR count). The van der Waals surface area contributed by atoms with Crippen LogP contribution in [0.1, 0.15) is 42.7 Å². The summed E-state index contributed by atoms with van der Waals surface area (Å²) < 4.78 is 14.9. The molecule has 0 amide bonds. The summed E-state index contributed by atoms with van der Waals surface area (Å²) in [6.07, 6.45) is 1.34. The van der Waals surface area contributed by atoms with Crippen molar-refractivity contribution in [2.45, 2.75) is 58.3 Å². The molecule has 0 saturated carbocycles. The number of para-hydroxylation sites is 1. The molecule has 9 nitrogen and oxygen atoms in total. The Hall–Kier alpha value is -3.56. The molecule has 34 heavy (non-hydrogen) atoms. The minimum Gasteiger partial charge on any atom is -0.370 e. The van der Waals surface area contributed by atoms with Gasteiger partial charge < -0.3 is 9.47 Å². The molecule has 1 saturated heterocycles. The minimum atomic E-state index is -0.602. The summed E-state index contributed by atoms with van der Waals surface area (Å²) >= 11 is 0. The molecule has 9 heteroatoms. The fraction of sp³-hybridized carbons (Fsp3) is 0.360. The van der Waals surface area contributed by atoms with Crippen molar-refractivity contribution in [2.75, 3.05) is 0 Å². The maximum absolute atomic E-state index is 13.3. The highest BCUT2D eigenvalue weighted by Gasteiger charge is 2.37. The second kappa shape index (κ2) is 10.1. The topological polar surface area (TPSA) is 106 Å². The number of hydrogen-bond donors (Lipinski definition) is 0. The Morgan fingerprint density at radius 3 is 2.53 bits per heavy atom. The molecule has 0 N–H and O–H groups in total. The zero-order chi connectivity index (χ0) is 24.2. The first-order valence-electron chi connectivity index (χ1n) is 11.2. The number of aromatic nitrogens is 2. The smallest absolute Gasteiger partial charge is 0.333 e. The van der Waals surface area contributed by atoms with E-state index in [4.69, 9.17) is 9.47 Å². The SMILES string of the molecule is CC[C@H]1O[C@@H](n2cc(C)c(=O)n(Cc3ccccc3)c2=O)CC1OCc1ccccc1[N+](=O)[O-]. The van der Waals surface area contributed by atoms with Crippen LogP contribution in [0, 0.1) is 17.0 Å². The molecule has 0 aliphatic carbocycles. The standard InChI is InChI=1S/C25H27N3O6/c1-3-21-22(33-16-19-11-7-8-12-20(19)28(31)32)13-23(34-21)26-14-17(2)24(29)27(25(26)30)15-18-9-5-4-6-10-18/h4-12,14,21-23H,3,13,15-16H2,1-2H3/t21-,22?,23-/m1/s1. The maximum Gasteiger partial charge on any atom is 0.333 e. The van der Waals surface area contributed by atoms with Crippen LogP contribution in [-0.4, -0.2) is 26.3 Å². The highest BCUT2D eigenvalue weighted by molar-refractivity contribution is 5.39. The van der Waals surface area contributed by atoms with E-state index in [9.17, 15) is 19.7 Å². The Bertz CT molecular complexity index is 1280. The Balaban J connectivity index is 1.57. The van der Waals surface area contributed by atoms with Gasteiger partial charge in [0.2, 0.25) is 0 Å². The van der Waals surface area contributed by atoms with E-state index in [1.54, 1.807) is 25.1 Å². The summed E-state index contributed by atoms with van der Waals surface area (Å²) in [5.74, 6) is 0. The lowest BCUT2D eigenvalue weighted by atomic mass is 10.1. The first kappa shape index (κ1) is 23.6. The van der Waals surface area contributed by atoms with Crippen molar-refractivity contribution >= 4 is 5.69 Å². The van der Waals surface area contributed by atoms with Crippen molar-refractivity contribution in [1.82, 2.24) is 9.13 Å². The number of aryl methyl sites for hydroxylation is 1. The van der Waals surface area contributed by atoms with Crippen LogP contribution in [0.5, 0.6) is 0 Å². The summed E-state index contributed by atoms with van der Waals surface area (Å²) in [5, 5.41) is 11.3. The molecule has 2 heterocycles. The Kier molecular flexibility index (Phi) is 7.04. The van der Waals surface area contributed by atoms with Gasteiger partial charge in [-0.3, -0.25) is 24.0 Å². The van der Waals surface area contributed by atoms with E-state index >= 15 is 0 Å². The monoisotopic (exact) mass is 465 g/mol. The van der Waals surface area contributed by atoms with Crippen LogP contribution in [0.3, 0.4) is 0 Å². The molecule has 3 atom stereocenters. The van der Waals surface area contributed by atoms with Crippen molar-refractivity contribution in [1.29, 1.82) is 0 Å². The van der Waals surface area contributed by atoms with Gasteiger partial charge in [-0.15, -0.1) is 0 Å². The fourth-order valence-electron chi connectivity index (χ4n) is 4.29. The van der Waals surface area contributed by atoms with Gasteiger partial charge in [-0.1, -0.05) is 49.4 Å². The van der Waals surface area contributed by atoms with Crippen molar-refractivity contribution in [2.24, 2.45) is 0 Å². The first-order chi connectivity index (χ1) is 16.4. The Morgan fingerprint density at radius 2 is 1.82 bits per heavy atom. The molecule has 1 aliphatic heterocycles. The van der Waals surface area contributed by atoms with Crippen LogP contribution in [-0.2, 0) is 22.6 Å². The molecule has 1 aliphatic rings. The predicted octanol–water partition coefficient (Wildman–Crippen LogP) is 3.56. The zero-order valence-electron chi connectivity index (χ0n) is 19.1. The van der Waals surface area contributed by atoms with Gasteiger partial charge in [0.05, 0.1) is 35.8 Å². The fourth-order valence-corrected chi connectivity index (χ4v) is 4.29. The van der Waals surface area contributed by atoms with Gasteiger partial charge in [-0.05, 0) is 25.0 Å². The molecule has 1 aromatic heterocycles. The summed E-state index contributed by atoms with van der Waals surface area (Å²) in [5.41, 5.74) is 0.999. The number of nitrogens with zero attached hydrogens (tertiary/aromatic N) is 3. The number of benzene rings is 2. The van der Waals surface area contributed by atoms with Gasteiger partial charge >= 0.3 is 5.69 Å². The van der Waals surface area contributed by atoms with Crippen molar-refractivity contribution in [3.8, 4) is 0 Å². The summed E-state index contributed by atoms with van der Waals surface area (Å²) in [6.45, 7) is 3.87. The third-order valence-electron chi connectivity index (χ3n) is 6.08. The predicted molar refractivity (Wildman–Crippen MR) is 126 cm³/mol. The number of hydrogen-bond acceptors (Lipinski definition) is 6. The molecular formula is C25H27N3O6. The van der Waals surface area contributed by atoms with Gasteiger partial charge in [0.25, 0.3) is 11.2 Å². The number of nitro benzene ring substituents is 1. The Labute approximate surface area is 196 Å². The van der Waals surface area contributed by atoms with Gasteiger partial charge in [-0.2, -0.15) is 0 Å². The molecule has 1 unspecified atom stereocenters. The van der Waals surface area contributed by atoms with E-state index in [0.717, 1.165) is 5.56 Å². The van der Waals surface area contributed by atoms with Crippen molar-refractivity contribution < 1.29 is 14.4 Å². The van der Waals surface area contributed by atoms with Crippen LogP contribution in [0.2, 0.25) is 0 Å².